The lowest BCUT2D eigenvalue weighted by Gasteiger charge is -2.22. The highest BCUT2D eigenvalue weighted by molar-refractivity contribution is 5.79. The van der Waals surface area contributed by atoms with Crippen LogP contribution in [-0.2, 0) is 18.3 Å². The van der Waals surface area contributed by atoms with E-state index < -0.39 is 0 Å². The Morgan fingerprint density at radius 1 is 1.21 bits per heavy atom. The standard InChI is InChI=1S/C20H32N6O2/c1-5-27-14-9-12-21-20(22-16-19-24-23-17(2)26(19)4)25(3)13-15-28-18-10-7-6-8-11-18/h6-8,10-11H,5,9,12-16H2,1-4H3,(H,21,22). The highest BCUT2D eigenvalue weighted by atomic mass is 16.5. The molecule has 1 N–H and O–H groups in total. The summed E-state index contributed by atoms with van der Waals surface area (Å²) >= 11 is 0. The van der Waals surface area contributed by atoms with Crippen LogP contribution in [0, 0.1) is 6.92 Å². The maximum Gasteiger partial charge on any atom is 0.194 e. The lowest BCUT2D eigenvalue weighted by molar-refractivity contribution is 0.145. The van der Waals surface area contributed by atoms with Gasteiger partial charge in [0.1, 0.15) is 24.7 Å². The Hall–Kier alpha value is -2.61. The largest absolute Gasteiger partial charge is 0.492 e. The van der Waals surface area contributed by atoms with E-state index in [9.17, 15) is 0 Å². The van der Waals surface area contributed by atoms with Crippen molar-refractivity contribution in [2.24, 2.45) is 12.0 Å². The molecular weight excluding hydrogens is 356 g/mol. The number of hydrogen-bond acceptors (Lipinski definition) is 5. The fourth-order valence-electron chi connectivity index (χ4n) is 2.49. The molecule has 0 fully saturated rings. The smallest absolute Gasteiger partial charge is 0.194 e. The van der Waals surface area contributed by atoms with Crippen LogP contribution in [0.3, 0.4) is 0 Å². The Morgan fingerprint density at radius 2 is 2.00 bits per heavy atom. The third-order valence-electron chi connectivity index (χ3n) is 4.31. The van der Waals surface area contributed by atoms with Crippen molar-refractivity contribution < 1.29 is 9.47 Å². The molecule has 1 aromatic heterocycles. The number of nitrogens with one attached hydrogen (secondary N) is 1. The molecule has 28 heavy (non-hydrogen) atoms. The van der Waals surface area contributed by atoms with Gasteiger partial charge in [0, 0.05) is 33.9 Å². The number of nitrogens with zero attached hydrogens (tertiary/aromatic N) is 5. The van der Waals surface area contributed by atoms with Crippen molar-refractivity contribution in [3.8, 4) is 5.75 Å². The number of benzene rings is 1. The van der Waals surface area contributed by atoms with E-state index in [1.165, 1.54) is 0 Å². The highest BCUT2D eigenvalue weighted by Crippen LogP contribution is 2.08. The number of rotatable bonds is 11. The Labute approximate surface area is 167 Å². The topological polar surface area (TPSA) is 76.8 Å². The lowest BCUT2D eigenvalue weighted by Crippen LogP contribution is -2.41. The number of aromatic nitrogens is 3. The van der Waals surface area contributed by atoms with Crippen LogP contribution in [0.15, 0.2) is 35.3 Å². The number of aliphatic imine (C=N–C) groups is 1. The van der Waals surface area contributed by atoms with Crippen LogP contribution in [0.2, 0.25) is 0 Å². The molecule has 0 saturated carbocycles. The zero-order valence-electron chi connectivity index (χ0n) is 17.4. The summed E-state index contributed by atoms with van der Waals surface area (Å²) in [6, 6.07) is 9.82. The second-order valence-electron chi connectivity index (χ2n) is 6.42. The molecule has 2 rings (SSSR count). The van der Waals surface area contributed by atoms with Crippen molar-refractivity contribution in [2.75, 3.05) is 40.0 Å². The molecule has 0 aliphatic rings. The molecule has 2 aromatic rings. The van der Waals surface area contributed by atoms with E-state index >= 15 is 0 Å². The predicted molar refractivity (Wildman–Crippen MR) is 111 cm³/mol. The van der Waals surface area contributed by atoms with Crippen LogP contribution in [-0.4, -0.2) is 65.6 Å². The average Bonchev–Trinajstić information content (AvgIpc) is 3.03. The van der Waals surface area contributed by atoms with Gasteiger partial charge in [-0.25, -0.2) is 4.99 Å². The molecule has 0 saturated heterocycles. The van der Waals surface area contributed by atoms with Gasteiger partial charge in [0.25, 0.3) is 0 Å². The van der Waals surface area contributed by atoms with E-state index in [-0.39, 0.29) is 0 Å². The van der Waals surface area contributed by atoms with Gasteiger partial charge >= 0.3 is 0 Å². The fourth-order valence-corrected chi connectivity index (χ4v) is 2.49. The molecule has 154 valence electrons. The molecule has 0 aliphatic heterocycles. The molecule has 8 heteroatoms. The third kappa shape index (κ3) is 7.19. The van der Waals surface area contributed by atoms with Crippen molar-refractivity contribution >= 4 is 5.96 Å². The molecule has 0 aliphatic carbocycles. The van der Waals surface area contributed by atoms with Gasteiger partial charge in [-0.2, -0.15) is 0 Å². The number of hydrogen-bond donors (Lipinski definition) is 1. The van der Waals surface area contributed by atoms with Gasteiger partial charge < -0.3 is 24.3 Å². The van der Waals surface area contributed by atoms with Crippen molar-refractivity contribution in [1.29, 1.82) is 0 Å². The molecule has 8 nitrogen and oxygen atoms in total. The normalized spacial score (nSPS) is 11.5. The average molecular weight is 389 g/mol. The molecular formula is C20H32N6O2. The SMILES string of the molecule is CCOCCCNC(=NCc1nnc(C)n1C)N(C)CCOc1ccccc1. The Balaban J connectivity index is 1.91. The first kappa shape index (κ1) is 21.7. The van der Waals surface area contributed by atoms with E-state index in [2.05, 4.69) is 20.4 Å². The zero-order chi connectivity index (χ0) is 20.2. The lowest BCUT2D eigenvalue weighted by atomic mass is 10.3. The minimum absolute atomic E-state index is 0.467. The maximum atomic E-state index is 5.80. The Kier molecular flexibility index (Phi) is 9.27. The Morgan fingerprint density at radius 3 is 2.68 bits per heavy atom. The first-order chi connectivity index (χ1) is 13.6. The Bertz CT molecular complexity index is 717. The predicted octanol–water partition coefficient (Wildman–Crippen LogP) is 2.01. The summed E-state index contributed by atoms with van der Waals surface area (Å²) in [6.07, 6.45) is 0.921. The first-order valence-electron chi connectivity index (χ1n) is 9.71. The summed E-state index contributed by atoms with van der Waals surface area (Å²) in [6.45, 7) is 7.95. The van der Waals surface area contributed by atoms with E-state index in [0.29, 0.717) is 19.7 Å². The van der Waals surface area contributed by atoms with Crippen LogP contribution in [0.4, 0.5) is 0 Å². The van der Waals surface area contributed by atoms with Gasteiger partial charge in [0.2, 0.25) is 0 Å². The van der Waals surface area contributed by atoms with E-state index in [1.807, 2.05) is 62.8 Å². The summed E-state index contributed by atoms with van der Waals surface area (Å²) in [5, 5.41) is 11.7. The van der Waals surface area contributed by atoms with E-state index in [1.54, 1.807) is 0 Å². The van der Waals surface area contributed by atoms with Gasteiger partial charge in [0.05, 0.1) is 6.54 Å². The quantitative estimate of drug-likeness (QED) is 0.360. The minimum Gasteiger partial charge on any atom is -0.492 e. The number of aryl methyl sites for hydroxylation is 1. The molecule has 1 heterocycles. The number of likely N-dealkylation sites (N-methyl/N-ethyl adjacent to an activating group) is 1. The highest BCUT2D eigenvalue weighted by Gasteiger charge is 2.09. The van der Waals surface area contributed by atoms with Gasteiger partial charge in [-0.3, -0.25) is 0 Å². The molecule has 0 bridgehead atoms. The second-order valence-corrected chi connectivity index (χ2v) is 6.42. The van der Waals surface area contributed by atoms with Crippen LogP contribution in [0.5, 0.6) is 5.75 Å². The zero-order valence-corrected chi connectivity index (χ0v) is 17.4. The molecule has 0 unspecified atom stereocenters. The summed E-state index contributed by atoms with van der Waals surface area (Å²) in [4.78, 5) is 6.79. The summed E-state index contributed by atoms with van der Waals surface area (Å²) in [7, 11) is 3.96. The van der Waals surface area contributed by atoms with Crippen molar-refractivity contribution in [1.82, 2.24) is 25.0 Å². The van der Waals surface area contributed by atoms with Crippen molar-refractivity contribution in [3.05, 3.63) is 42.0 Å². The first-order valence-corrected chi connectivity index (χ1v) is 9.71. The van der Waals surface area contributed by atoms with Gasteiger partial charge in [-0.05, 0) is 32.4 Å². The monoisotopic (exact) mass is 388 g/mol. The van der Waals surface area contributed by atoms with Crippen molar-refractivity contribution in [2.45, 2.75) is 26.8 Å². The third-order valence-corrected chi connectivity index (χ3v) is 4.31. The summed E-state index contributed by atoms with van der Waals surface area (Å²) in [5.74, 6) is 3.39. The van der Waals surface area contributed by atoms with E-state index in [4.69, 9.17) is 14.5 Å². The van der Waals surface area contributed by atoms with E-state index in [0.717, 1.165) is 49.5 Å². The number of ether oxygens (including phenoxy) is 2. The molecule has 0 atom stereocenters. The fraction of sp³-hybridized carbons (Fsp3) is 0.550. The summed E-state index contributed by atoms with van der Waals surface area (Å²) < 4.78 is 13.2. The molecule has 0 spiro atoms. The molecule has 0 amide bonds. The number of guanidine groups is 1. The van der Waals surface area contributed by atoms with Crippen LogP contribution >= 0.6 is 0 Å². The second kappa shape index (κ2) is 12.0. The molecule has 0 radical (unpaired) electrons. The maximum absolute atomic E-state index is 5.80. The summed E-state index contributed by atoms with van der Waals surface area (Å²) in [5.41, 5.74) is 0. The minimum atomic E-state index is 0.467. The van der Waals surface area contributed by atoms with Crippen molar-refractivity contribution in [3.63, 3.8) is 0 Å². The van der Waals surface area contributed by atoms with Crippen LogP contribution in [0.25, 0.3) is 0 Å². The van der Waals surface area contributed by atoms with Gasteiger partial charge in [-0.1, -0.05) is 18.2 Å². The van der Waals surface area contributed by atoms with Gasteiger partial charge in [0.15, 0.2) is 11.8 Å². The number of para-hydroxylation sites is 1. The van der Waals surface area contributed by atoms with Crippen LogP contribution < -0.4 is 10.1 Å². The van der Waals surface area contributed by atoms with Crippen LogP contribution in [0.1, 0.15) is 25.0 Å². The molecule has 1 aromatic carbocycles. The van der Waals surface area contributed by atoms with Gasteiger partial charge in [-0.15, -0.1) is 10.2 Å².